The summed E-state index contributed by atoms with van der Waals surface area (Å²) >= 11 is 1.11. The minimum atomic E-state index is -0.550. The maximum absolute atomic E-state index is 13.3. The van der Waals surface area contributed by atoms with Gasteiger partial charge >= 0.3 is 0 Å². The van der Waals surface area contributed by atoms with E-state index in [1.807, 2.05) is 0 Å². The number of carbonyl (C=O) groups is 3. The standard InChI is InChI=1S/C15H12FNO3S/c1-8(18)10-5-14(21-7-10)15(20)17-13-6-11(16)3-4-12(13)9(2)19/h3-7H,1-2H3,(H,17,20). The van der Waals surface area contributed by atoms with Crippen molar-refractivity contribution in [3.05, 3.63) is 51.5 Å². The van der Waals surface area contributed by atoms with Gasteiger partial charge in [0.05, 0.1) is 10.6 Å². The molecule has 0 atom stereocenters. The van der Waals surface area contributed by atoms with E-state index in [9.17, 15) is 18.8 Å². The molecule has 108 valence electrons. The lowest BCUT2D eigenvalue weighted by atomic mass is 10.1. The molecule has 0 fully saturated rings. The number of hydrogen-bond donors (Lipinski definition) is 1. The molecule has 0 aliphatic heterocycles. The van der Waals surface area contributed by atoms with E-state index in [1.165, 1.54) is 26.0 Å². The summed E-state index contributed by atoms with van der Waals surface area (Å²) in [6.45, 7) is 2.74. The van der Waals surface area contributed by atoms with Crippen molar-refractivity contribution >= 4 is 34.5 Å². The van der Waals surface area contributed by atoms with Gasteiger partial charge in [-0.3, -0.25) is 14.4 Å². The molecule has 1 N–H and O–H groups in total. The average Bonchev–Trinajstić information content (AvgIpc) is 2.88. The molecule has 21 heavy (non-hydrogen) atoms. The number of anilines is 1. The summed E-state index contributed by atoms with van der Waals surface area (Å²) in [4.78, 5) is 35.1. The van der Waals surface area contributed by atoms with Crippen LogP contribution < -0.4 is 5.32 Å². The van der Waals surface area contributed by atoms with E-state index >= 15 is 0 Å². The van der Waals surface area contributed by atoms with Crippen LogP contribution >= 0.6 is 11.3 Å². The van der Waals surface area contributed by atoms with Crippen LogP contribution in [-0.4, -0.2) is 17.5 Å². The van der Waals surface area contributed by atoms with Crippen LogP contribution in [0.25, 0.3) is 0 Å². The first kappa shape index (κ1) is 15.1. The fourth-order valence-corrected chi connectivity index (χ4v) is 2.59. The van der Waals surface area contributed by atoms with Crippen LogP contribution in [0.2, 0.25) is 0 Å². The van der Waals surface area contributed by atoms with E-state index < -0.39 is 11.7 Å². The predicted molar refractivity (Wildman–Crippen MR) is 78.7 cm³/mol. The van der Waals surface area contributed by atoms with Gasteiger partial charge in [0.2, 0.25) is 0 Å². The van der Waals surface area contributed by atoms with Gasteiger partial charge in [0, 0.05) is 16.5 Å². The lowest BCUT2D eigenvalue weighted by Crippen LogP contribution is -2.13. The summed E-state index contributed by atoms with van der Waals surface area (Å²) in [5.74, 6) is -1.45. The molecule has 1 heterocycles. The topological polar surface area (TPSA) is 63.2 Å². The lowest BCUT2D eigenvalue weighted by molar-refractivity contribution is 0.101. The summed E-state index contributed by atoms with van der Waals surface area (Å²) in [6.07, 6.45) is 0. The molecule has 4 nitrogen and oxygen atoms in total. The van der Waals surface area contributed by atoms with Crippen molar-refractivity contribution in [3.63, 3.8) is 0 Å². The molecular weight excluding hydrogens is 293 g/mol. The number of amides is 1. The van der Waals surface area contributed by atoms with Crippen molar-refractivity contribution in [2.24, 2.45) is 0 Å². The maximum Gasteiger partial charge on any atom is 0.265 e. The van der Waals surface area contributed by atoms with Crippen molar-refractivity contribution in [3.8, 4) is 0 Å². The molecule has 1 aromatic carbocycles. The maximum atomic E-state index is 13.3. The van der Waals surface area contributed by atoms with Crippen molar-refractivity contribution in [2.45, 2.75) is 13.8 Å². The second-order valence-electron chi connectivity index (χ2n) is 4.46. The molecular formula is C15H12FNO3S. The zero-order chi connectivity index (χ0) is 15.6. The van der Waals surface area contributed by atoms with E-state index in [0.717, 1.165) is 23.5 Å². The van der Waals surface area contributed by atoms with E-state index in [-0.39, 0.29) is 22.8 Å². The predicted octanol–water partition coefficient (Wildman–Crippen LogP) is 3.54. The minimum Gasteiger partial charge on any atom is -0.320 e. The molecule has 1 aromatic heterocycles. The van der Waals surface area contributed by atoms with Crippen molar-refractivity contribution in [1.29, 1.82) is 0 Å². The Morgan fingerprint density at radius 3 is 2.38 bits per heavy atom. The number of ketones is 2. The van der Waals surface area contributed by atoms with Crippen LogP contribution in [-0.2, 0) is 0 Å². The first-order chi connectivity index (χ1) is 9.88. The van der Waals surface area contributed by atoms with E-state index in [2.05, 4.69) is 5.32 Å². The molecule has 0 bridgehead atoms. The summed E-state index contributed by atoms with van der Waals surface area (Å²) in [7, 11) is 0. The number of benzene rings is 1. The van der Waals surface area contributed by atoms with Gasteiger partial charge in [-0.05, 0) is 38.1 Å². The van der Waals surface area contributed by atoms with Gasteiger partial charge in [0.25, 0.3) is 5.91 Å². The molecule has 0 aliphatic rings. The Hall–Kier alpha value is -2.34. The van der Waals surface area contributed by atoms with Gasteiger partial charge < -0.3 is 5.32 Å². The monoisotopic (exact) mass is 305 g/mol. The van der Waals surface area contributed by atoms with Gasteiger partial charge in [-0.1, -0.05) is 0 Å². The fourth-order valence-electron chi connectivity index (χ4n) is 1.75. The van der Waals surface area contributed by atoms with Crippen LogP contribution in [0, 0.1) is 5.82 Å². The quantitative estimate of drug-likeness (QED) is 0.879. The zero-order valence-electron chi connectivity index (χ0n) is 11.4. The van der Waals surface area contributed by atoms with Crippen LogP contribution in [0.4, 0.5) is 10.1 Å². The Morgan fingerprint density at radius 1 is 1.10 bits per heavy atom. The third-order valence-electron chi connectivity index (χ3n) is 2.84. The molecule has 0 unspecified atom stereocenters. The minimum absolute atomic E-state index is 0.116. The first-order valence-corrected chi connectivity index (χ1v) is 6.97. The fraction of sp³-hybridized carbons (Fsp3) is 0.133. The lowest BCUT2D eigenvalue weighted by Gasteiger charge is -2.08. The number of rotatable bonds is 4. The van der Waals surface area contributed by atoms with Crippen LogP contribution in [0.15, 0.2) is 29.6 Å². The third kappa shape index (κ3) is 3.41. The Labute approximate surface area is 124 Å². The number of hydrogen-bond acceptors (Lipinski definition) is 4. The summed E-state index contributed by atoms with van der Waals surface area (Å²) in [5.41, 5.74) is 0.787. The Bertz CT molecular complexity index is 736. The molecule has 0 saturated heterocycles. The Balaban J connectivity index is 2.28. The Kier molecular flexibility index (Phi) is 4.28. The number of thiophene rings is 1. The van der Waals surface area contributed by atoms with Crippen LogP contribution in [0.3, 0.4) is 0 Å². The van der Waals surface area contributed by atoms with Gasteiger partial charge in [-0.25, -0.2) is 4.39 Å². The van der Waals surface area contributed by atoms with E-state index in [1.54, 1.807) is 5.38 Å². The highest BCUT2D eigenvalue weighted by atomic mass is 32.1. The van der Waals surface area contributed by atoms with Crippen molar-refractivity contribution in [2.75, 3.05) is 5.32 Å². The number of carbonyl (C=O) groups excluding carboxylic acids is 3. The van der Waals surface area contributed by atoms with Crippen LogP contribution in [0.1, 0.15) is 44.2 Å². The SMILES string of the molecule is CC(=O)c1csc(C(=O)Nc2cc(F)ccc2C(C)=O)c1. The second kappa shape index (κ2) is 5.97. The van der Waals surface area contributed by atoms with Gasteiger partial charge in [-0.2, -0.15) is 0 Å². The number of halogens is 1. The highest BCUT2D eigenvalue weighted by Crippen LogP contribution is 2.21. The first-order valence-electron chi connectivity index (χ1n) is 6.10. The van der Waals surface area contributed by atoms with Crippen molar-refractivity contribution < 1.29 is 18.8 Å². The molecule has 0 aliphatic carbocycles. The molecule has 0 spiro atoms. The molecule has 6 heteroatoms. The molecule has 0 radical (unpaired) electrons. The van der Waals surface area contributed by atoms with E-state index in [4.69, 9.17) is 0 Å². The zero-order valence-corrected chi connectivity index (χ0v) is 12.2. The highest BCUT2D eigenvalue weighted by molar-refractivity contribution is 7.12. The van der Waals surface area contributed by atoms with E-state index in [0.29, 0.717) is 10.4 Å². The smallest absolute Gasteiger partial charge is 0.265 e. The Morgan fingerprint density at radius 2 is 1.81 bits per heavy atom. The highest BCUT2D eigenvalue weighted by Gasteiger charge is 2.15. The van der Waals surface area contributed by atoms with Crippen molar-refractivity contribution in [1.82, 2.24) is 0 Å². The van der Waals surface area contributed by atoms with Gasteiger partial charge in [0.15, 0.2) is 11.6 Å². The van der Waals surface area contributed by atoms with Gasteiger partial charge in [0.1, 0.15) is 5.82 Å². The molecule has 1 amide bonds. The normalized spacial score (nSPS) is 10.2. The number of Topliss-reactive ketones (excluding diaryl/α,β-unsaturated/α-hetero) is 2. The number of nitrogens with one attached hydrogen (secondary N) is 1. The third-order valence-corrected chi connectivity index (χ3v) is 3.77. The summed E-state index contributed by atoms with van der Waals surface area (Å²) < 4.78 is 13.3. The molecule has 2 aromatic rings. The summed E-state index contributed by atoms with van der Waals surface area (Å²) in [6, 6.07) is 5.04. The largest absolute Gasteiger partial charge is 0.320 e. The second-order valence-corrected chi connectivity index (χ2v) is 5.37. The van der Waals surface area contributed by atoms with Crippen LogP contribution in [0.5, 0.6) is 0 Å². The molecule has 2 rings (SSSR count). The summed E-state index contributed by atoms with van der Waals surface area (Å²) in [5, 5.41) is 4.08. The average molecular weight is 305 g/mol. The molecule has 0 saturated carbocycles. The van der Waals surface area contributed by atoms with Gasteiger partial charge in [-0.15, -0.1) is 11.3 Å².